The SMILES string of the molecule is CCC(C)N(CC)CCC(=O)Nc1cc(N)ccc1OC. The minimum atomic E-state index is -0.0272. The molecule has 1 unspecified atom stereocenters. The molecule has 1 aromatic carbocycles. The van der Waals surface area contributed by atoms with Gasteiger partial charge in [-0.05, 0) is 38.1 Å². The predicted molar refractivity (Wildman–Crippen MR) is 87.7 cm³/mol. The standard InChI is InChI=1S/C16H27N3O2/c1-5-12(3)19(6-2)10-9-16(20)18-14-11-13(17)7-8-15(14)21-4/h7-8,11-12H,5-6,9-10,17H2,1-4H3,(H,18,20). The third-order valence-electron chi connectivity index (χ3n) is 3.74. The van der Waals surface area contributed by atoms with Crippen molar-refractivity contribution < 1.29 is 9.53 Å². The average molecular weight is 293 g/mol. The Hall–Kier alpha value is -1.75. The van der Waals surface area contributed by atoms with Crippen LogP contribution in [0.3, 0.4) is 0 Å². The highest BCUT2D eigenvalue weighted by Crippen LogP contribution is 2.26. The van der Waals surface area contributed by atoms with E-state index in [4.69, 9.17) is 10.5 Å². The van der Waals surface area contributed by atoms with Gasteiger partial charge in [0, 0.05) is 24.7 Å². The maximum Gasteiger partial charge on any atom is 0.225 e. The molecule has 0 aliphatic rings. The maximum atomic E-state index is 12.1. The van der Waals surface area contributed by atoms with Crippen LogP contribution in [0.4, 0.5) is 11.4 Å². The van der Waals surface area contributed by atoms with E-state index in [1.807, 2.05) is 0 Å². The normalized spacial score (nSPS) is 12.2. The molecule has 0 radical (unpaired) electrons. The summed E-state index contributed by atoms with van der Waals surface area (Å²) in [6, 6.07) is 5.70. The molecule has 1 rings (SSSR count). The minimum absolute atomic E-state index is 0.0272. The number of carbonyl (C=O) groups is 1. The molecule has 0 saturated carbocycles. The predicted octanol–water partition coefficient (Wildman–Crippen LogP) is 2.73. The number of nitrogens with zero attached hydrogens (tertiary/aromatic N) is 1. The van der Waals surface area contributed by atoms with Crippen molar-refractivity contribution in [3.05, 3.63) is 18.2 Å². The Morgan fingerprint density at radius 2 is 2.14 bits per heavy atom. The number of hydrogen-bond acceptors (Lipinski definition) is 4. The van der Waals surface area contributed by atoms with Crippen molar-refractivity contribution in [3.63, 3.8) is 0 Å². The third-order valence-corrected chi connectivity index (χ3v) is 3.74. The minimum Gasteiger partial charge on any atom is -0.495 e. The van der Waals surface area contributed by atoms with Gasteiger partial charge in [0.15, 0.2) is 0 Å². The highest BCUT2D eigenvalue weighted by atomic mass is 16.5. The lowest BCUT2D eigenvalue weighted by molar-refractivity contribution is -0.116. The Balaban J connectivity index is 2.59. The van der Waals surface area contributed by atoms with Gasteiger partial charge in [-0.3, -0.25) is 4.79 Å². The highest BCUT2D eigenvalue weighted by molar-refractivity contribution is 5.93. The summed E-state index contributed by atoms with van der Waals surface area (Å²) >= 11 is 0. The van der Waals surface area contributed by atoms with Gasteiger partial charge in [-0.15, -0.1) is 0 Å². The van der Waals surface area contributed by atoms with E-state index in [1.165, 1.54) is 0 Å². The van der Waals surface area contributed by atoms with Crippen LogP contribution in [0, 0.1) is 0 Å². The summed E-state index contributed by atoms with van der Waals surface area (Å²) in [6.07, 6.45) is 1.54. The molecule has 0 aromatic heterocycles. The number of amides is 1. The van der Waals surface area contributed by atoms with E-state index in [9.17, 15) is 4.79 Å². The van der Waals surface area contributed by atoms with E-state index in [0.29, 0.717) is 29.6 Å². The molecule has 1 aromatic rings. The van der Waals surface area contributed by atoms with Gasteiger partial charge in [-0.1, -0.05) is 13.8 Å². The molecule has 0 bridgehead atoms. The fraction of sp³-hybridized carbons (Fsp3) is 0.562. The van der Waals surface area contributed by atoms with Crippen LogP contribution in [-0.2, 0) is 4.79 Å². The average Bonchev–Trinajstić information content (AvgIpc) is 2.47. The van der Waals surface area contributed by atoms with E-state index in [2.05, 4.69) is 31.0 Å². The number of rotatable bonds is 8. The fourth-order valence-electron chi connectivity index (χ4n) is 2.23. The van der Waals surface area contributed by atoms with Crippen molar-refractivity contribution in [2.75, 3.05) is 31.2 Å². The van der Waals surface area contributed by atoms with Gasteiger partial charge < -0.3 is 20.7 Å². The van der Waals surface area contributed by atoms with Crippen LogP contribution in [0.1, 0.15) is 33.6 Å². The van der Waals surface area contributed by atoms with Crippen LogP contribution >= 0.6 is 0 Å². The van der Waals surface area contributed by atoms with Crippen LogP contribution < -0.4 is 15.8 Å². The Kier molecular flexibility index (Phi) is 7.02. The first-order chi connectivity index (χ1) is 10.0. The summed E-state index contributed by atoms with van der Waals surface area (Å²) in [5.74, 6) is 0.590. The van der Waals surface area contributed by atoms with Crippen LogP contribution in [0.25, 0.3) is 0 Å². The summed E-state index contributed by atoms with van der Waals surface area (Å²) in [5, 5.41) is 2.87. The van der Waals surface area contributed by atoms with Gasteiger partial charge >= 0.3 is 0 Å². The Morgan fingerprint density at radius 3 is 2.71 bits per heavy atom. The quantitative estimate of drug-likeness (QED) is 0.723. The summed E-state index contributed by atoms with van der Waals surface area (Å²) in [7, 11) is 1.57. The molecule has 5 heteroatoms. The summed E-state index contributed by atoms with van der Waals surface area (Å²) in [4.78, 5) is 14.4. The molecule has 0 aliphatic carbocycles. The first kappa shape index (κ1) is 17.3. The van der Waals surface area contributed by atoms with Crippen molar-refractivity contribution in [1.82, 2.24) is 4.90 Å². The lowest BCUT2D eigenvalue weighted by Crippen LogP contribution is -2.35. The van der Waals surface area contributed by atoms with E-state index >= 15 is 0 Å². The molecule has 21 heavy (non-hydrogen) atoms. The van der Waals surface area contributed by atoms with Gasteiger partial charge in [-0.2, -0.15) is 0 Å². The van der Waals surface area contributed by atoms with Gasteiger partial charge in [0.25, 0.3) is 0 Å². The summed E-state index contributed by atoms with van der Waals surface area (Å²) in [5.41, 5.74) is 6.96. The number of carbonyl (C=O) groups excluding carboxylic acids is 1. The topological polar surface area (TPSA) is 67.6 Å². The van der Waals surface area contributed by atoms with Crippen molar-refractivity contribution in [2.24, 2.45) is 0 Å². The Labute approximate surface area is 127 Å². The van der Waals surface area contributed by atoms with Crippen LogP contribution in [0.5, 0.6) is 5.75 Å². The van der Waals surface area contributed by atoms with Crippen LogP contribution in [-0.4, -0.2) is 37.0 Å². The fourth-order valence-corrected chi connectivity index (χ4v) is 2.23. The van der Waals surface area contributed by atoms with Crippen molar-refractivity contribution in [1.29, 1.82) is 0 Å². The zero-order valence-electron chi connectivity index (χ0n) is 13.5. The van der Waals surface area contributed by atoms with Crippen LogP contribution in [0.2, 0.25) is 0 Å². The second-order valence-corrected chi connectivity index (χ2v) is 5.14. The molecule has 0 fully saturated rings. The molecule has 0 aliphatic heterocycles. The molecule has 3 N–H and O–H groups in total. The number of anilines is 2. The molecule has 1 atom stereocenters. The zero-order valence-corrected chi connectivity index (χ0v) is 13.5. The van der Waals surface area contributed by atoms with Gasteiger partial charge in [0.1, 0.15) is 5.75 Å². The lowest BCUT2D eigenvalue weighted by atomic mass is 10.2. The summed E-state index contributed by atoms with van der Waals surface area (Å²) in [6.45, 7) is 8.16. The largest absolute Gasteiger partial charge is 0.495 e. The number of methoxy groups -OCH3 is 1. The second kappa shape index (κ2) is 8.52. The molecule has 1 amide bonds. The molecule has 0 saturated heterocycles. The van der Waals surface area contributed by atoms with E-state index < -0.39 is 0 Å². The molecule has 118 valence electrons. The number of hydrogen-bond donors (Lipinski definition) is 2. The zero-order chi connectivity index (χ0) is 15.8. The number of nitrogens with one attached hydrogen (secondary N) is 1. The number of nitrogens with two attached hydrogens (primary N) is 1. The van der Waals surface area contributed by atoms with Gasteiger partial charge in [0.2, 0.25) is 5.91 Å². The highest BCUT2D eigenvalue weighted by Gasteiger charge is 2.13. The monoisotopic (exact) mass is 293 g/mol. The van der Waals surface area contributed by atoms with Crippen molar-refractivity contribution in [2.45, 2.75) is 39.7 Å². The number of nitrogen functional groups attached to an aromatic ring is 1. The van der Waals surface area contributed by atoms with Crippen LogP contribution in [0.15, 0.2) is 18.2 Å². The molecular formula is C16H27N3O2. The third kappa shape index (κ3) is 5.27. The Bertz CT molecular complexity index is 463. The van der Waals surface area contributed by atoms with Gasteiger partial charge in [-0.25, -0.2) is 0 Å². The lowest BCUT2D eigenvalue weighted by Gasteiger charge is -2.26. The first-order valence-corrected chi connectivity index (χ1v) is 7.49. The number of ether oxygens (including phenoxy) is 1. The van der Waals surface area contributed by atoms with E-state index in [0.717, 1.165) is 19.5 Å². The molecular weight excluding hydrogens is 266 g/mol. The van der Waals surface area contributed by atoms with Crippen molar-refractivity contribution in [3.8, 4) is 5.75 Å². The second-order valence-electron chi connectivity index (χ2n) is 5.14. The molecule has 0 heterocycles. The summed E-state index contributed by atoms with van der Waals surface area (Å²) < 4.78 is 5.22. The van der Waals surface area contributed by atoms with E-state index in [-0.39, 0.29) is 5.91 Å². The molecule has 0 spiro atoms. The van der Waals surface area contributed by atoms with Crippen molar-refractivity contribution >= 4 is 17.3 Å². The first-order valence-electron chi connectivity index (χ1n) is 7.49. The number of benzene rings is 1. The Morgan fingerprint density at radius 1 is 1.43 bits per heavy atom. The maximum absolute atomic E-state index is 12.1. The van der Waals surface area contributed by atoms with Gasteiger partial charge in [0.05, 0.1) is 12.8 Å². The smallest absolute Gasteiger partial charge is 0.225 e. The molecule has 5 nitrogen and oxygen atoms in total. The van der Waals surface area contributed by atoms with E-state index in [1.54, 1.807) is 25.3 Å².